The van der Waals surface area contributed by atoms with Crippen LogP contribution in [0.5, 0.6) is 0 Å². The lowest BCUT2D eigenvalue weighted by Crippen LogP contribution is -2.07. The number of imidazole rings is 1. The van der Waals surface area contributed by atoms with Crippen molar-refractivity contribution in [2.24, 2.45) is 0 Å². The zero-order valence-electron chi connectivity index (χ0n) is 13.3. The number of fused-ring (bicyclic) bond motifs is 2. The first-order chi connectivity index (χ1) is 12.6. The molecule has 3 aromatic heterocycles. The number of pyridine rings is 1. The average molecular weight is 366 g/mol. The highest BCUT2D eigenvalue weighted by molar-refractivity contribution is 6.31. The predicted molar refractivity (Wildman–Crippen MR) is 100 cm³/mol. The molecule has 0 fully saturated rings. The standard InChI is InChI=1S/C19H12ClN3O3/c20-19-14(23-10-2-1-3-16(23)22-19)6-8-17(24)21-13-5-7-15-12(11-13)4-9-18(25)26-15/h1-11H,(H,21,24)/b8-6+. The Bertz CT molecular complexity index is 1220. The summed E-state index contributed by atoms with van der Waals surface area (Å²) in [7, 11) is 0. The van der Waals surface area contributed by atoms with E-state index in [-0.39, 0.29) is 5.91 Å². The fraction of sp³-hybridized carbons (Fsp3) is 0. The summed E-state index contributed by atoms with van der Waals surface area (Å²) in [5.74, 6) is -0.316. The van der Waals surface area contributed by atoms with Gasteiger partial charge in [0, 0.05) is 29.4 Å². The van der Waals surface area contributed by atoms with Crippen molar-refractivity contribution in [1.29, 1.82) is 0 Å². The molecular weight excluding hydrogens is 354 g/mol. The summed E-state index contributed by atoms with van der Waals surface area (Å²) in [6.45, 7) is 0. The molecule has 26 heavy (non-hydrogen) atoms. The van der Waals surface area contributed by atoms with Gasteiger partial charge in [0.1, 0.15) is 11.2 Å². The van der Waals surface area contributed by atoms with Crippen molar-refractivity contribution in [3.63, 3.8) is 0 Å². The number of carbonyl (C=O) groups is 1. The Morgan fingerprint density at radius 3 is 2.96 bits per heavy atom. The molecule has 7 heteroatoms. The minimum absolute atomic E-state index is 0.316. The normalized spacial score (nSPS) is 11.4. The second kappa shape index (κ2) is 6.50. The summed E-state index contributed by atoms with van der Waals surface area (Å²) in [5, 5.41) is 3.80. The number of hydrogen-bond acceptors (Lipinski definition) is 4. The van der Waals surface area contributed by atoms with Crippen LogP contribution in [0, 0.1) is 0 Å². The fourth-order valence-corrected chi connectivity index (χ4v) is 2.86. The van der Waals surface area contributed by atoms with Gasteiger partial charge in [-0.1, -0.05) is 17.7 Å². The maximum Gasteiger partial charge on any atom is 0.336 e. The van der Waals surface area contributed by atoms with E-state index in [1.165, 1.54) is 12.1 Å². The Balaban J connectivity index is 1.56. The number of nitrogens with one attached hydrogen (secondary N) is 1. The number of halogens is 1. The van der Waals surface area contributed by atoms with Gasteiger partial charge in [-0.3, -0.25) is 9.20 Å². The number of rotatable bonds is 3. The average Bonchev–Trinajstić information content (AvgIpc) is 2.95. The summed E-state index contributed by atoms with van der Waals surface area (Å²) in [5.41, 5.74) is 1.96. The number of aromatic nitrogens is 2. The number of nitrogens with zero attached hydrogens (tertiary/aromatic N) is 2. The van der Waals surface area contributed by atoms with Gasteiger partial charge in [-0.15, -0.1) is 0 Å². The molecule has 4 rings (SSSR count). The molecule has 0 aliphatic heterocycles. The SMILES string of the molecule is O=C(/C=C/c1c(Cl)nc2ccccn12)Nc1ccc2oc(=O)ccc2c1. The van der Waals surface area contributed by atoms with Crippen molar-refractivity contribution in [2.45, 2.75) is 0 Å². The smallest absolute Gasteiger partial charge is 0.336 e. The Morgan fingerprint density at radius 1 is 1.19 bits per heavy atom. The molecule has 128 valence electrons. The summed E-state index contributed by atoms with van der Waals surface area (Å²) in [4.78, 5) is 27.6. The molecule has 0 unspecified atom stereocenters. The number of amides is 1. The van der Waals surface area contributed by atoms with Gasteiger partial charge in [0.05, 0.1) is 5.69 Å². The van der Waals surface area contributed by atoms with Gasteiger partial charge in [0.15, 0.2) is 5.15 Å². The van der Waals surface area contributed by atoms with E-state index in [1.54, 1.807) is 34.7 Å². The van der Waals surface area contributed by atoms with Crippen LogP contribution in [0.3, 0.4) is 0 Å². The molecule has 0 aliphatic carbocycles. The summed E-state index contributed by atoms with van der Waals surface area (Å²) >= 11 is 6.14. The zero-order chi connectivity index (χ0) is 18.1. The predicted octanol–water partition coefficient (Wildman–Crippen LogP) is 3.75. The van der Waals surface area contributed by atoms with Gasteiger partial charge in [-0.05, 0) is 42.5 Å². The van der Waals surface area contributed by atoms with Crippen LogP contribution in [0.15, 0.2) is 70.0 Å². The molecule has 6 nitrogen and oxygen atoms in total. The molecule has 0 aliphatic rings. The molecule has 0 saturated carbocycles. The number of hydrogen-bond donors (Lipinski definition) is 1. The first kappa shape index (κ1) is 16.1. The lowest BCUT2D eigenvalue weighted by Gasteiger charge is -2.03. The molecule has 1 N–H and O–H groups in total. The van der Waals surface area contributed by atoms with Gasteiger partial charge < -0.3 is 9.73 Å². The third-order valence-electron chi connectivity index (χ3n) is 3.80. The Hall–Kier alpha value is -3.38. The monoisotopic (exact) mass is 365 g/mol. The molecule has 3 heterocycles. The van der Waals surface area contributed by atoms with Gasteiger partial charge in [0.25, 0.3) is 0 Å². The van der Waals surface area contributed by atoms with E-state index in [0.29, 0.717) is 27.8 Å². The Morgan fingerprint density at radius 2 is 2.08 bits per heavy atom. The molecule has 1 amide bonds. The molecular formula is C19H12ClN3O3. The second-order valence-corrected chi connectivity index (χ2v) is 5.90. The Labute approximate surface area is 152 Å². The van der Waals surface area contributed by atoms with Gasteiger partial charge in [-0.2, -0.15) is 0 Å². The molecule has 0 radical (unpaired) electrons. The molecule has 0 bridgehead atoms. The van der Waals surface area contributed by atoms with Crippen LogP contribution in [0.4, 0.5) is 5.69 Å². The van der Waals surface area contributed by atoms with Crippen LogP contribution < -0.4 is 10.9 Å². The highest BCUT2D eigenvalue weighted by Gasteiger charge is 2.07. The van der Waals surface area contributed by atoms with E-state index in [4.69, 9.17) is 16.0 Å². The van der Waals surface area contributed by atoms with E-state index in [2.05, 4.69) is 10.3 Å². The maximum atomic E-state index is 12.2. The number of anilines is 1. The summed E-state index contributed by atoms with van der Waals surface area (Å²) in [6.07, 6.45) is 4.82. The van der Waals surface area contributed by atoms with Gasteiger partial charge >= 0.3 is 5.63 Å². The molecule has 0 saturated heterocycles. The van der Waals surface area contributed by atoms with Crippen LogP contribution in [-0.4, -0.2) is 15.3 Å². The quantitative estimate of drug-likeness (QED) is 0.443. The zero-order valence-corrected chi connectivity index (χ0v) is 14.1. The van der Waals surface area contributed by atoms with Gasteiger partial charge in [0.2, 0.25) is 5.91 Å². The topological polar surface area (TPSA) is 76.6 Å². The highest BCUT2D eigenvalue weighted by atomic mass is 35.5. The number of benzene rings is 1. The third kappa shape index (κ3) is 3.10. The van der Waals surface area contributed by atoms with Crippen LogP contribution in [0.25, 0.3) is 22.7 Å². The van der Waals surface area contributed by atoms with Crippen molar-refractivity contribution in [1.82, 2.24) is 9.38 Å². The van der Waals surface area contributed by atoms with Crippen LogP contribution >= 0.6 is 11.6 Å². The lowest BCUT2D eigenvalue weighted by atomic mass is 10.2. The largest absolute Gasteiger partial charge is 0.423 e. The van der Waals surface area contributed by atoms with Crippen LogP contribution in [0.2, 0.25) is 5.15 Å². The molecule has 0 atom stereocenters. The molecule has 4 aromatic rings. The van der Waals surface area contributed by atoms with Crippen molar-refractivity contribution in [2.75, 3.05) is 5.32 Å². The molecule has 1 aromatic carbocycles. The van der Waals surface area contributed by atoms with E-state index < -0.39 is 5.63 Å². The first-order valence-electron chi connectivity index (χ1n) is 7.76. The number of carbonyl (C=O) groups excluding carboxylic acids is 1. The van der Waals surface area contributed by atoms with Crippen molar-refractivity contribution in [3.8, 4) is 0 Å². The third-order valence-corrected chi connectivity index (χ3v) is 4.08. The minimum Gasteiger partial charge on any atom is -0.423 e. The summed E-state index contributed by atoms with van der Waals surface area (Å²) in [6, 6.07) is 13.6. The van der Waals surface area contributed by atoms with E-state index in [0.717, 1.165) is 5.39 Å². The van der Waals surface area contributed by atoms with Crippen LogP contribution in [0.1, 0.15) is 5.69 Å². The minimum atomic E-state index is -0.415. The van der Waals surface area contributed by atoms with E-state index in [9.17, 15) is 9.59 Å². The Kier molecular flexibility index (Phi) is 4.02. The first-order valence-corrected chi connectivity index (χ1v) is 8.13. The molecule has 0 spiro atoms. The van der Waals surface area contributed by atoms with Crippen molar-refractivity contribution >= 4 is 45.9 Å². The fourth-order valence-electron chi connectivity index (χ4n) is 2.62. The van der Waals surface area contributed by atoms with E-state index in [1.807, 2.05) is 24.4 Å². The van der Waals surface area contributed by atoms with Crippen LogP contribution in [-0.2, 0) is 4.79 Å². The lowest BCUT2D eigenvalue weighted by molar-refractivity contribution is -0.111. The van der Waals surface area contributed by atoms with Crippen molar-refractivity contribution < 1.29 is 9.21 Å². The van der Waals surface area contributed by atoms with E-state index >= 15 is 0 Å². The van der Waals surface area contributed by atoms with Gasteiger partial charge in [-0.25, -0.2) is 9.78 Å². The second-order valence-electron chi connectivity index (χ2n) is 5.55. The summed E-state index contributed by atoms with van der Waals surface area (Å²) < 4.78 is 6.86. The maximum absolute atomic E-state index is 12.2. The van der Waals surface area contributed by atoms with Crippen molar-refractivity contribution in [3.05, 3.63) is 82.1 Å². The highest BCUT2D eigenvalue weighted by Crippen LogP contribution is 2.20.